The van der Waals surface area contributed by atoms with E-state index in [9.17, 15) is 0 Å². The summed E-state index contributed by atoms with van der Waals surface area (Å²) in [7, 11) is 0. The van der Waals surface area contributed by atoms with Crippen LogP contribution in [0.2, 0.25) is 0 Å². The molecular formula is C16H29N3. The molecule has 0 bridgehead atoms. The predicted molar refractivity (Wildman–Crippen MR) is 80.1 cm³/mol. The number of nitrogens with zero attached hydrogens (tertiary/aromatic N) is 2. The van der Waals surface area contributed by atoms with Crippen LogP contribution < -0.4 is 5.73 Å². The Labute approximate surface area is 117 Å². The lowest BCUT2D eigenvalue weighted by atomic mass is 9.90. The van der Waals surface area contributed by atoms with Gasteiger partial charge in [-0.05, 0) is 30.6 Å². The molecule has 19 heavy (non-hydrogen) atoms. The van der Waals surface area contributed by atoms with Gasteiger partial charge in [-0.15, -0.1) is 0 Å². The molecule has 2 rings (SSSR count). The molecule has 2 N–H and O–H groups in total. The number of rotatable bonds is 5. The van der Waals surface area contributed by atoms with Crippen molar-refractivity contribution in [2.75, 3.05) is 6.54 Å². The zero-order chi connectivity index (χ0) is 14.0. The highest BCUT2D eigenvalue weighted by Crippen LogP contribution is 2.43. The fourth-order valence-corrected chi connectivity index (χ4v) is 3.81. The van der Waals surface area contributed by atoms with Crippen LogP contribution >= 0.6 is 0 Å². The fourth-order valence-electron chi connectivity index (χ4n) is 3.81. The van der Waals surface area contributed by atoms with Crippen molar-refractivity contribution < 1.29 is 0 Å². The molecule has 0 saturated heterocycles. The number of hydrogen-bond acceptors (Lipinski definition) is 2. The van der Waals surface area contributed by atoms with Gasteiger partial charge in [-0.2, -0.15) is 0 Å². The average molecular weight is 263 g/mol. The molecule has 1 fully saturated rings. The lowest BCUT2D eigenvalue weighted by Gasteiger charge is -2.27. The first kappa shape index (κ1) is 14.6. The van der Waals surface area contributed by atoms with Crippen LogP contribution in [0.4, 0.5) is 0 Å². The minimum atomic E-state index is 0.426. The maximum Gasteiger partial charge on any atom is 0.0950 e. The minimum absolute atomic E-state index is 0.426. The van der Waals surface area contributed by atoms with Gasteiger partial charge in [0.15, 0.2) is 0 Å². The van der Waals surface area contributed by atoms with Gasteiger partial charge in [-0.3, -0.25) is 0 Å². The van der Waals surface area contributed by atoms with E-state index in [2.05, 4.69) is 37.2 Å². The molecule has 1 aliphatic rings. The van der Waals surface area contributed by atoms with Crippen molar-refractivity contribution in [3.8, 4) is 0 Å². The topological polar surface area (TPSA) is 43.8 Å². The van der Waals surface area contributed by atoms with E-state index in [1.165, 1.54) is 25.0 Å². The normalized spacial score (nSPS) is 29.1. The van der Waals surface area contributed by atoms with Gasteiger partial charge in [0, 0.05) is 30.4 Å². The summed E-state index contributed by atoms with van der Waals surface area (Å²) in [5, 5.41) is 0. The van der Waals surface area contributed by atoms with E-state index in [0.29, 0.717) is 24.4 Å². The second kappa shape index (κ2) is 6.08. The summed E-state index contributed by atoms with van der Waals surface area (Å²) in [5.41, 5.74) is 7.32. The van der Waals surface area contributed by atoms with Crippen LogP contribution in [0.15, 0.2) is 12.5 Å². The summed E-state index contributed by atoms with van der Waals surface area (Å²) >= 11 is 0. The quantitative estimate of drug-likeness (QED) is 0.882. The van der Waals surface area contributed by atoms with Gasteiger partial charge in [0.25, 0.3) is 0 Å². The Hall–Kier alpha value is -0.830. The molecule has 108 valence electrons. The Morgan fingerprint density at radius 1 is 1.42 bits per heavy atom. The maximum atomic E-state index is 5.98. The maximum absolute atomic E-state index is 5.98. The van der Waals surface area contributed by atoms with Crippen LogP contribution in [-0.4, -0.2) is 16.1 Å². The largest absolute Gasteiger partial charge is 0.331 e. The van der Waals surface area contributed by atoms with Crippen LogP contribution in [0.25, 0.3) is 0 Å². The summed E-state index contributed by atoms with van der Waals surface area (Å²) in [6.07, 6.45) is 8.00. The summed E-state index contributed by atoms with van der Waals surface area (Å²) in [6.45, 7) is 9.93. The molecular weight excluding hydrogens is 234 g/mol. The lowest BCUT2D eigenvalue weighted by molar-refractivity contribution is 0.317. The van der Waals surface area contributed by atoms with Gasteiger partial charge in [0.2, 0.25) is 0 Å². The van der Waals surface area contributed by atoms with Gasteiger partial charge >= 0.3 is 0 Å². The van der Waals surface area contributed by atoms with Crippen molar-refractivity contribution in [2.45, 2.75) is 58.9 Å². The van der Waals surface area contributed by atoms with E-state index < -0.39 is 0 Å². The highest BCUT2D eigenvalue weighted by Gasteiger charge is 2.34. The first-order valence-electron chi connectivity index (χ1n) is 7.81. The highest BCUT2D eigenvalue weighted by atomic mass is 15.1. The Kier molecular flexibility index (Phi) is 4.67. The third kappa shape index (κ3) is 2.71. The molecule has 1 aromatic rings. The first-order valence-corrected chi connectivity index (χ1v) is 7.81. The molecule has 1 saturated carbocycles. The van der Waals surface area contributed by atoms with E-state index in [1.807, 2.05) is 12.5 Å². The molecule has 0 aliphatic heterocycles. The number of imidazole rings is 1. The van der Waals surface area contributed by atoms with Crippen molar-refractivity contribution in [2.24, 2.45) is 23.5 Å². The standard InChI is InChI=1S/C16H29N3/c1-5-13-6-7-15(12(13)4)19-10-18-9-16(19)14(8-17)11(2)3/h9-15H,5-8,17H2,1-4H3. The monoisotopic (exact) mass is 263 g/mol. The first-order chi connectivity index (χ1) is 9.10. The third-order valence-electron chi connectivity index (χ3n) is 5.20. The van der Waals surface area contributed by atoms with Gasteiger partial charge in [0.1, 0.15) is 0 Å². The lowest BCUT2D eigenvalue weighted by Crippen LogP contribution is -2.24. The zero-order valence-electron chi connectivity index (χ0n) is 12.8. The molecule has 0 radical (unpaired) electrons. The average Bonchev–Trinajstić information content (AvgIpc) is 2.96. The van der Waals surface area contributed by atoms with Crippen LogP contribution in [0.3, 0.4) is 0 Å². The summed E-state index contributed by atoms with van der Waals surface area (Å²) in [4.78, 5) is 4.41. The Bertz CT molecular complexity index is 396. The highest BCUT2D eigenvalue weighted by molar-refractivity contribution is 5.10. The zero-order valence-corrected chi connectivity index (χ0v) is 12.8. The predicted octanol–water partition coefficient (Wildman–Crippen LogP) is 3.58. The van der Waals surface area contributed by atoms with Crippen molar-refractivity contribution in [3.05, 3.63) is 18.2 Å². The van der Waals surface area contributed by atoms with Crippen LogP contribution in [0.1, 0.15) is 64.6 Å². The van der Waals surface area contributed by atoms with Crippen molar-refractivity contribution in [1.82, 2.24) is 9.55 Å². The summed E-state index contributed by atoms with van der Waals surface area (Å²) < 4.78 is 2.43. The molecule has 0 aromatic carbocycles. The molecule has 1 heterocycles. The minimum Gasteiger partial charge on any atom is -0.331 e. The fraction of sp³-hybridized carbons (Fsp3) is 0.812. The van der Waals surface area contributed by atoms with Crippen molar-refractivity contribution >= 4 is 0 Å². The molecule has 1 aromatic heterocycles. The molecule has 4 atom stereocenters. The summed E-state index contributed by atoms with van der Waals surface area (Å²) in [5.74, 6) is 2.62. The summed E-state index contributed by atoms with van der Waals surface area (Å²) in [6, 6.07) is 0.621. The second-order valence-electron chi connectivity index (χ2n) is 6.48. The van der Waals surface area contributed by atoms with Gasteiger partial charge in [-0.1, -0.05) is 34.1 Å². The Morgan fingerprint density at radius 3 is 2.68 bits per heavy atom. The van der Waals surface area contributed by atoms with Crippen molar-refractivity contribution in [1.29, 1.82) is 0 Å². The van der Waals surface area contributed by atoms with E-state index >= 15 is 0 Å². The second-order valence-corrected chi connectivity index (χ2v) is 6.48. The number of nitrogens with two attached hydrogens (primary N) is 1. The smallest absolute Gasteiger partial charge is 0.0950 e. The Morgan fingerprint density at radius 2 is 2.16 bits per heavy atom. The van der Waals surface area contributed by atoms with E-state index in [1.54, 1.807) is 0 Å². The van der Waals surface area contributed by atoms with Crippen LogP contribution in [0.5, 0.6) is 0 Å². The SMILES string of the molecule is CCC1CCC(n2cncc2C(CN)C(C)C)C1C. The van der Waals surface area contributed by atoms with E-state index in [4.69, 9.17) is 5.73 Å². The molecule has 3 heteroatoms. The van der Waals surface area contributed by atoms with Crippen LogP contribution in [0, 0.1) is 17.8 Å². The van der Waals surface area contributed by atoms with Crippen LogP contribution in [-0.2, 0) is 0 Å². The van der Waals surface area contributed by atoms with Gasteiger partial charge in [0.05, 0.1) is 6.33 Å². The molecule has 3 nitrogen and oxygen atoms in total. The molecule has 1 aliphatic carbocycles. The van der Waals surface area contributed by atoms with Gasteiger partial charge < -0.3 is 10.3 Å². The molecule has 0 spiro atoms. The Balaban J connectivity index is 2.25. The van der Waals surface area contributed by atoms with Gasteiger partial charge in [-0.25, -0.2) is 4.98 Å². The third-order valence-corrected chi connectivity index (χ3v) is 5.20. The number of hydrogen-bond donors (Lipinski definition) is 1. The molecule has 0 amide bonds. The number of aromatic nitrogens is 2. The molecule has 4 unspecified atom stereocenters. The van der Waals surface area contributed by atoms with E-state index in [0.717, 1.165) is 11.8 Å². The van der Waals surface area contributed by atoms with E-state index in [-0.39, 0.29) is 0 Å². The van der Waals surface area contributed by atoms with Crippen molar-refractivity contribution in [3.63, 3.8) is 0 Å².